The minimum atomic E-state index is -4.88. The van der Waals surface area contributed by atoms with Gasteiger partial charge in [0.25, 0.3) is 0 Å². The molecule has 0 N–H and O–H groups in total. The van der Waals surface area contributed by atoms with Crippen LogP contribution in [0.1, 0.15) is 25.7 Å². The molecule has 1 aliphatic carbocycles. The van der Waals surface area contributed by atoms with E-state index in [4.69, 9.17) is 0 Å². The summed E-state index contributed by atoms with van der Waals surface area (Å²) in [6.45, 7) is 0. The van der Waals surface area contributed by atoms with Crippen LogP contribution in [0.5, 0.6) is 0 Å². The van der Waals surface area contributed by atoms with E-state index >= 15 is 0 Å². The first kappa shape index (κ1) is 14.5. The first-order valence-corrected chi connectivity index (χ1v) is 5.21. The molecule has 0 heterocycles. The Morgan fingerprint density at radius 1 is 1.44 bits per heavy atom. The number of rotatable bonds is 2. The van der Waals surface area contributed by atoms with Crippen molar-refractivity contribution in [3.63, 3.8) is 0 Å². The van der Waals surface area contributed by atoms with Gasteiger partial charge >= 0.3 is 17.7 Å². The fourth-order valence-corrected chi connectivity index (χ4v) is 1.92. The van der Waals surface area contributed by atoms with Gasteiger partial charge in [0, 0.05) is 23.8 Å². The molecule has 0 aromatic carbocycles. The summed E-state index contributed by atoms with van der Waals surface area (Å²) in [7, 11) is 1.15. The highest BCUT2D eigenvalue weighted by Gasteiger charge is 2.65. The number of carbonyl (C=O) groups excluding carboxylic acids is 1. The van der Waals surface area contributed by atoms with Crippen molar-refractivity contribution in [3.05, 3.63) is 21.8 Å². The monoisotopic (exact) mass is 267 g/mol. The lowest BCUT2D eigenvalue weighted by Crippen LogP contribution is -2.53. The van der Waals surface area contributed by atoms with Crippen LogP contribution in [0.25, 0.3) is 0 Å². The lowest BCUT2D eigenvalue weighted by Gasteiger charge is -2.31. The Bertz CT molecular complexity index is 379. The van der Waals surface area contributed by atoms with Crippen molar-refractivity contribution in [1.29, 1.82) is 0 Å². The van der Waals surface area contributed by atoms with Crippen molar-refractivity contribution in [1.82, 2.24) is 0 Å². The third-order valence-corrected chi connectivity index (χ3v) is 3.12. The van der Waals surface area contributed by atoms with Crippen LogP contribution in [0, 0.1) is 10.1 Å². The number of allylic oxidation sites excluding steroid dienone is 1. The summed E-state index contributed by atoms with van der Waals surface area (Å²) < 4.78 is 42.6. The van der Waals surface area contributed by atoms with E-state index < -0.39 is 35.4 Å². The van der Waals surface area contributed by atoms with Crippen LogP contribution in [0.4, 0.5) is 13.2 Å². The predicted molar refractivity (Wildman–Crippen MR) is 54.3 cm³/mol. The highest BCUT2D eigenvalue weighted by Crippen LogP contribution is 2.45. The van der Waals surface area contributed by atoms with Crippen molar-refractivity contribution in [2.45, 2.75) is 37.4 Å². The summed E-state index contributed by atoms with van der Waals surface area (Å²) in [5, 5.41) is 10.7. The van der Waals surface area contributed by atoms with Gasteiger partial charge in [-0.1, -0.05) is 5.57 Å². The predicted octanol–water partition coefficient (Wildman–Crippen LogP) is 2.24. The number of hydrogen-bond donors (Lipinski definition) is 0. The van der Waals surface area contributed by atoms with E-state index in [1.54, 1.807) is 0 Å². The first-order valence-electron chi connectivity index (χ1n) is 5.21. The summed E-state index contributed by atoms with van der Waals surface area (Å²) in [5.74, 6) is -0.661. The molecule has 0 spiro atoms. The normalized spacial score (nSPS) is 24.6. The summed E-state index contributed by atoms with van der Waals surface area (Å²) in [6.07, 6.45) is -5.34. The molecular weight excluding hydrogens is 255 g/mol. The second-order valence-corrected chi connectivity index (χ2v) is 4.11. The zero-order chi connectivity index (χ0) is 14.0. The topological polar surface area (TPSA) is 69.4 Å². The maximum Gasteiger partial charge on any atom is 0.460 e. The minimum Gasteiger partial charge on any atom is -0.466 e. The maximum absolute atomic E-state index is 12.8. The Hall–Kier alpha value is -1.60. The number of halogens is 3. The molecule has 0 aromatic rings. The van der Waals surface area contributed by atoms with Gasteiger partial charge in [0.05, 0.1) is 7.11 Å². The van der Waals surface area contributed by atoms with Crippen molar-refractivity contribution in [3.8, 4) is 0 Å². The lowest BCUT2D eigenvalue weighted by molar-refractivity contribution is -0.616. The summed E-state index contributed by atoms with van der Waals surface area (Å²) in [5.41, 5.74) is -2.44. The van der Waals surface area contributed by atoms with Crippen LogP contribution in [0.3, 0.4) is 0 Å². The first-order chi connectivity index (χ1) is 8.23. The largest absolute Gasteiger partial charge is 0.466 e. The van der Waals surface area contributed by atoms with Crippen LogP contribution in [0.15, 0.2) is 11.6 Å². The van der Waals surface area contributed by atoms with Gasteiger partial charge < -0.3 is 4.74 Å². The second-order valence-electron chi connectivity index (χ2n) is 4.11. The smallest absolute Gasteiger partial charge is 0.460 e. The van der Waals surface area contributed by atoms with Crippen LogP contribution >= 0.6 is 0 Å². The average Bonchev–Trinajstić information content (AvgIpc) is 2.28. The number of esters is 1. The summed E-state index contributed by atoms with van der Waals surface area (Å²) >= 11 is 0. The van der Waals surface area contributed by atoms with Gasteiger partial charge in [-0.3, -0.25) is 10.1 Å². The number of nitrogens with zero attached hydrogens (tertiary/aromatic N) is 1. The van der Waals surface area contributed by atoms with E-state index in [-0.39, 0.29) is 12.8 Å². The van der Waals surface area contributed by atoms with Gasteiger partial charge in [-0.05, 0) is 12.8 Å². The number of ether oxygens (including phenoxy) is 1. The molecule has 8 heteroatoms. The fraction of sp³-hybridized carbons (Fsp3) is 0.700. The van der Waals surface area contributed by atoms with Gasteiger partial charge in [-0.15, -0.1) is 0 Å². The van der Waals surface area contributed by atoms with Gasteiger partial charge in [-0.2, -0.15) is 13.2 Å². The van der Waals surface area contributed by atoms with Crippen LogP contribution in [0.2, 0.25) is 0 Å². The van der Waals surface area contributed by atoms with Crippen molar-refractivity contribution >= 4 is 5.97 Å². The average molecular weight is 267 g/mol. The van der Waals surface area contributed by atoms with E-state index in [2.05, 4.69) is 4.74 Å². The second kappa shape index (κ2) is 4.95. The number of hydrogen-bond acceptors (Lipinski definition) is 4. The molecule has 1 fully saturated rings. The quantitative estimate of drug-likeness (QED) is 0.333. The molecule has 102 valence electrons. The van der Waals surface area contributed by atoms with E-state index in [1.165, 1.54) is 0 Å². The van der Waals surface area contributed by atoms with Crippen LogP contribution in [-0.4, -0.2) is 29.7 Å². The number of carbonyl (C=O) groups is 1. The molecule has 18 heavy (non-hydrogen) atoms. The SMILES string of the molecule is COC(=O)C=C1CCC([N+](=O)[O-])(C(F)(F)F)CC1. The van der Waals surface area contributed by atoms with Crippen molar-refractivity contribution in [2.75, 3.05) is 7.11 Å². The summed E-state index contributed by atoms with van der Waals surface area (Å²) in [4.78, 5) is 20.3. The Labute approximate surface area is 101 Å². The molecule has 1 saturated carbocycles. The Morgan fingerprint density at radius 2 is 1.94 bits per heavy atom. The Kier molecular flexibility index (Phi) is 3.98. The molecular formula is C10H12F3NO4. The van der Waals surface area contributed by atoms with Gasteiger partial charge in [0.15, 0.2) is 0 Å². The maximum atomic E-state index is 12.8. The Balaban J connectivity index is 2.86. The van der Waals surface area contributed by atoms with Gasteiger partial charge in [0.1, 0.15) is 0 Å². The van der Waals surface area contributed by atoms with Gasteiger partial charge in [-0.25, -0.2) is 4.79 Å². The third kappa shape index (κ3) is 2.62. The molecule has 1 rings (SSSR count). The lowest BCUT2D eigenvalue weighted by atomic mass is 9.79. The molecule has 0 atom stereocenters. The zero-order valence-electron chi connectivity index (χ0n) is 9.62. The molecule has 0 unspecified atom stereocenters. The molecule has 0 amide bonds. The van der Waals surface area contributed by atoms with Crippen molar-refractivity contribution < 1.29 is 27.6 Å². The molecule has 0 saturated heterocycles. The van der Waals surface area contributed by atoms with Crippen LogP contribution < -0.4 is 0 Å². The van der Waals surface area contributed by atoms with E-state index in [0.717, 1.165) is 13.2 Å². The molecule has 0 radical (unpaired) electrons. The van der Waals surface area contributed by atoms with Gasteiger partial charge in [0.2, 0.25) is 0 Å². The van der Waals surface area contributed by atoms with Crippen molar-refractivity contribution in [2.24, 2.45) is 0 Å². The number of nitro groups is 1. The minimum absolute atomic E-state index is 0.129. The van der Waals surface area contributed by atoms with Crippen LogP contribution in [-0.2, 0) is 9.53 Å². The molecule has 0 aliphatic heterocycles. The highest BCUT2D eigenvalue weighted by atomic mass is 19.4. The zero-order valence-corrected chi connectivity index (χ0v) is 9.62. The molecule has 5 nitrogen and oxygen atoms in total. The van der Waals surface area contributed by atoms with E-state index in [0.29, 0.717) is 5.57 Å². The number of methoxy groups -OCH3 is 1. The molecule has 0 bridgehead atoms. The van der Waals surface area contributed by atoms with E-state index in [9.17, 15) is 28.1 Å². The standard InChI is InChI=1S/C10H12F3NO4/c1-18-8(15)6-7-2-4-9(5-3-7,14(16)17)10(11,12)13/h6H,2-5H2,1H3. The number of alkyl halides is 3. The highest BCUT2D eigenvalue weighted by molar-refractivity contribution is 5.82. The molecule has 0 aromatic heterocycles. The molecule has 1 aliphatic rings. The van der Waals surface area contributed by atoms with E-state index in [1.807, 2.05) is 0 Å². The fourth-order valence-electron chi connectivity index (χ4n) is 1.92. The Morgan fingerprint density at radius 3 is 2.28 bits per heavy atom. The third-order valence-electron chi connectivity index (χ3n) is 3.12. The summed E-state index contributed by atoms with van der Waals surface area (Å²) in [6, 6.07) is 0.